The Labute approximate surface area is 101 Å². The molecular weight excluding hydrogens is 239 g/mol. The van der Waals surface area contributed by atoms with Crippen molar-refractivity contribution in [1.29, 1.82) is 0 Å². The maximum Gasteiger partial charge on any atom is 0.241 e. The molecule has 17 heavy (non-hydrogen) atoms. The fraction of sp³-hybridized carbons (Fsp3) is 0. The van der Waals surface area contributed by atoms with Crippen molar-refractivity contribution in [1.82, 2.24) is 4.98 Å². The van der Waals surface area contributed by atoms with E-state index < -0.39 is 5.91 Å². The quantitative estimate of drug-likeness (QED) is 0.848. The van der Waals surface area contributed by atoms with E-state index in [1.165, 1.54) is 29.5 Å². The molecule has 1 aromatic heterocycles. The van der Waals surface area contributed by atoms with Crippen molar-refractivity contribution < 1.29 is 9.18 Å². The normalized spacial score (nSPS) is 10.9. The summed E-state index contributed by atoms with van der Waals surface area (Å²) in [6.45, 7) is 0. The summed E-state index contributed by atoms with van der Waals surface area (Å²) in [5.41, 5.74) is 6.49. The number of nitrogens with two attached hydrogens (primary N) is 1. The highest BCUT2D eigenvalue weighted by atomic mass is 32.1. The second-order valence-electron chi connectivity index (χ2n) is 3.32. The van der Waals surface area contributed by atoms with Gasteiger partial charge in [-0.1, -0.05) is 0 Å². The number of nitrogens with zero attached hydrogens (tertiary/aromatic N) is 1. The molecule has 1 amide bonds. The van der Waals surface area contributed by atoms with Crippen molar-refractivity contribution in [2.75, 3.05) is 0 Å². The molecule has 0 saturated carbocycles. The van der Waals surface area contributed by atoms with E-state index in [9.17, 15) is 9.18 Å². The van der Waals surface area contributed by atoms with Crippen LogP contribution >= 0.6 is 11.3 Å². The molecule has 1 heterocycles. The molecule has 0 fully saturated rings. The lowest BCUT2D eigenvalue weighted by atomic mass is 10.2. The summed E-state index contributed by atoms with van der Waals surface area (Å²) in [4.78, 5) is 14.8. The van der Waals surface area contributed by atoms with E-state index in [-0.39, 0.29) is 5.82 Å². The summed E-state index contributed by atoms with van der Waals surface area (Å²) in [7, 11) is 0. The molecule has 0 bridgehead atoms. The Morgan fingerprint density at radius 3 is 2.71 bits per heavy atom. The van der Waals surface area contributed by atoms with Crippen molar-refractivity contribution in [2.24, 2.45) is 5.73 Å². The van der Waals surface area contributed by atoms with E-state index in [1.54, 1.807) is 23.6 Å². The summed E-state index contributed by atoms with van der Waals surface area (Å²) in [5, 5.41) is 2.58. The Hall–Kier alpha value is -2.01. The van der Waals surface area contributed by atoms with E-state index in [4.69, 9.17) is 5.73 Å². The molecule has 0 radical (unpaired) electrons. The minimum Gasteiger partial charge on any atom is -0.366 e. The maximum absolute atomic E-state index is 12.7. The van der Waals surface area contributed by atoms with Gasteiger partial charge < -0.3 is 5.73 Å². The van der Waals surface area contributed by atoms with Crippen LogP contribution in [0, 0.1) is 5.82 Å². The van der Waals surface area contributed by atoms with Crippen LogP contribution < -0.4 is 5.73 Å². The molecule has 0 unspecified atom stereocenters. The van der Waals surface area contributed by atoms with Crippen LogP contribution in [-0.2, 0) is 4.79 Å². The monoisotopic (exact) mass is 248 g/mol. The average molecular weight is 248 g/mol. The van der Waals surface area contributed by atoms with Gasteiger partial charge in [0, 0.05) is 17.0 Å². The van der Waals surface area contributed by atoms with Crippen LogP contribution in [0.5, 0.6) is 0 Å². The molecule has 2 N–H and O–H groups in total. The minimum absolute atomic E-state index is 0.279. The lowest BCUT2D eigenvalue weighted by Crippen LogP contribution is -2.05. The standard InChI is InChI=1S/C12H9FN2OS/c13-9-3-1-8(2-4-9)12-15-10(7-17-12)5-6-11(14)16/h1-7H,(H2,14,16)/b6-5+. The van der Waals surface area contributed by atoms with Gasteiger partial charge in [-0.2, -0.15) is 0 Å². The summed E-state index contributed by atoms with van der Waals surface area (Å²) in [6.07, 6.45) is 2.80. The minimum atomic E-state index is -0.513. The van der Waals surface area contributed by atoms with Crippen LogP contribution in [0.1, 0.15) is 5.69 Å². The van der Waals surface area contributed by atoms with Crippen LogP contribution in [0.3, 0.4) is 0 Å². The van der Waals surface area contributed by atoms with E-state index in [0.717, 1.165) is 10.6 Å². The average Bonchev–Trinajstić information content (AvgIpc) is 2.76. The van der Waals surface area contributed by atoms with Crippen LogP contribution in [0.4, 0.5) is 4.39 Å². The lowest BCUT2D eigenvalue weighted by Gasteiger charge is -1.94. The third kappa shape index (κ3) is 2.98. The summed E-state index contributed by atoms with van der Waals surface area (Å²) < 4.78 is 12.7. The molecule has 2 rings (SSSR count). The first-order chi connectivity index (χ1) is 8.15. The molecule has 0 atom stereocenters. The molecule has 0 spiro atoms. The van der Waals surface area contributed by atoms with Gasteiger partial charge in [0.1, 0.15) is 10.8 Å². The van der Waals surface area contributed by atoms with Gasteiger partial charge in [-0.25, -0.2) is 9.37 Å². The number of amides is 1. The molecule has 0 saturated heterocycles. The molecule has 1 aromatic carbocycles. The third-order valence-electron chi connectivity index (χ3n) is 2.03. The van der Waals surface area contributed by atoms with Gasteiger partial charge in [0.15, 0.2) is 0 Å². The smallest absolute Gasteiger partial charge is 0.241 e. The lowest BCUT2D eigenvalue weighted by molar-refractivity contribution is -0.113. The number of thiazole rings is 1. The molecule has 0 aliphatic carbocycles. The molecule has 5 heteroatoms. The molecule has 0 aliphatic rings. The van der Waals surface area contributed by atoms with E-state index >= 15 is 0 Å². The topological polar surface area (TPSA) is 56.0 Å². The Morgan fingerprint density at radius 1 is 1.35 bits per heavy atom. The van der Waals surface area contributed by atoms with Gasteiger partial charge in [-0.3, -0.25) is 4.79 Å². The summed E-state index contributed by atoms with van der Waals surface area (Å²) in [6, 6.07) is 6.09. The van der Waals surface area contributed by atoms with Gasteiger partial charge in [-0.15, -0.1) is 11.3 Å². The van der Waals surface area contributed by atoms with Gasteiger partial charge in [0.25, 0.3) is 0 Å². The predicted octanol–water partition coefficient (Wildman–Crippen LogP) is 2.45. The Balaban J connectivity index is 2.23. The fourth-order valence-corrected chi connectivity index (χ4v) is 2.05. The predicted molar refractivity (Wildman–Crippen MR) is 65.7 cm³/mol. The second-order valence-corrected chi connectivity index (χ2v) is 4.18. The number of hydrogen-bond donors (Lipinski definition) is 1. The SMILES string of the molecule is NC(=O)/C=C/c1csc(-c2ccc(F)cc2)n1. The van der Waals surface area contributed by atoms with Gasteiger partial charge >= 0.3 is 0 Å². The number of carbonyl (C=O) groups is 1. The van der Waals surface area contributed by atoms with Crippen LogP contribution in [0.25, 0.3) is 16.6 Å². The van der Waals surface area contributed by atoms with Crippen LogP contribution in [-0.4, -0.2) is 10.9 Å². The Bertz CT molecular complexity index is 560. The number of hydrogen-bond acceptors (Lipinski definition) is 3. The first-order valence-corrected chi connectivity index (χ1v) is 5.72. The third-order valence-corrected chi connectivity index (χ3v) is 2.94. The molecule has 3 nitrogen and oxygen atoms in total. The number of carbonyl (C=O) groups excluding carboxylic acids is 1. The largest absolute Gasteiger partial charge is 0.366 e. The van der Waals surface area contributed by atoms with Crippen molar-refractivity contribution in [3.8, 4) is 10.6 Å². The van der Waals surface area contributed by atoms with E-state index in [0.29, 0.717) is 5.69 Å². The van der Waals surface area contributed by atoms with Crippen molar-refractivity contribution >= 4 is 23.3 Å². The molecule has 2 aromatic rings. The highest BCUT2D eigenvalue weighted by Crippen LogP contribution is 2.24. The summed E-state index contributed by atoms with van der Waals surface area (Å²) in [5.74, 6) is -0.791. The van der Waals surface area contributed by atoms with Gasteiger partial charge in [0.05, 0.1) is 5.69 Å². The zero-order valence-electron chi connectivity index (χ0n) is 8.76. The zero-order chi connectivity index (χ0) is 12.3. The molecular formula is C12H9FN2OS. The Kier molecular flexibility index (Phi) is 3.30. The van der Waals surface area contributed by atoms with Gasteiger partial charge in [0.2, 0.25) is 5.91 Å². The number of aromatic nitrogens is 1. The first kappa shape index (κ1) is 11.5. The Morgan fingerprint density at radius 2 is 2.06 bits per heavy atom. The van der Waals surface area contributed by atoms with Crippen LogP contribution in [0.2, 0.25) is 0 Å². The van der Waals surface area contributed by atoms with Crippen molar-refractivity contribution in [2.45, 2.75) is 0 Å². The molecule has 86 valence electrons. The van der Waals surface area contributed by atoms with Crippen molar-refractivity contribution in [3.63, 3.8) is 0 Å². The highest BCUT2D eigenvalue weighted by Gasteiger charge is 2.03. The maximum atomic E-state index is 12.7. The van der Waals surface area contributed by atoms with Gasteiger partial charge in [-0.05, 0) is 30.3 Å². The number of primary amides is 1. The van der Waals surface area contributed by atoms with Crippen molar-refractivity contribution in [3.05, 3.63) is 47.2 Å². The number of halogens is 1. The van der Waals surface area contributed by atoms with Crippen LogP contribution in [0.15, 0.2) is 35.7 Å². The fourth-order valence-electron chi connectivity index (χ4n) is 1.26. The molecule has 0 aliphatic heterocycles. The van der Waals surface area contributed by atoms with E-state index in [1.807, 2.05) is 0 Å². The highest BCUT2D eigenvalue weighted by molar-refractivity contribution is 7.13. The summed E-state index contributed by atoms with van der Waals surface area (Å²) >= 11 is 1.42. The number of benzene rings is 1. The van der Waals surface area contributed by atoms with E-state index in [2.05, 4.69) is 4.98 Å². The zero-order valence-corrected chi connectivity index (χ0v) is 9.58. The first-order valence-electron chi connectivity index (χ1n) is 4.84. The number of rotatable bonds is 3. The second kappa shape index (κ2) is 4.88.